The maximum absolute atomic E-state index is 4.72. The Morgan fingerprint density at radius 2 is 2.12 bits per heavy atom. The quantitative estimate of drug-likeness (QED) is 0.780. The van der Waals surface area contributed by atoms with Gasteiger partial charge in [0.05, 0.1) is 6.54 Å². The van der Waals surface area contributed by atoms with Crippen LogP contribution in [-0.2, 0) is 11.8 Å². The fourth-order valence-electron chi connectivity index (χ4n) is 4.20. The highest BCUT2D eigenvalue weighted by Gasteiger charge is 2.64. The van der Waals surface area contributed by atoms with Gasteiger partial charge in [-0.05, 0) is 30.4 Å². The van der Waals surface area contributed by atoms with Crippen LogP contribution >= 0.6 is 0 Å². The van der Waals surface area contributed by atoms with Gasteiger partial charge in [-0.1, -0.05) is 31.2 Å². The average Bonchev–Trinajstić information content (AvgIpc) is 2.92. The van der Waals surface area contributed by atoms with E-state index in [0.29, 0.717) is 10.8 Å². The van der Waals surface area contributed by atoms with Crippen molar-refractivity contribution in [2.75, 3.05) is 13.1 Å². The Morgan fingerprint density at radius 3 is 2.82 bits per heavy atom. The molecule has 2 nitrogen and oxygen atoms in total. The highest BCUT2D eigenvalue weighted by Crippen LogP contribution is 2.65. The van der Waals surface area contributed by atoms with Crippen molar-refractivity contribution >= 4 is 5.84 Å². The Hall–Kier alpha value is -1.31. The second-order valence-corrected chi connectivity index (χ2v) is 5.91. The summed E-state index contributed by atoms with van der Waals surface area (Å²) in [6.45, 7) is 4.43. The molecule has 4 rings (SSSR count). The largest absolute Gasteiger partial charge is 0.371 e. The summed E-state index contributed by atoms with van der Waals surface area (Å²) in [4.78, 5) is 4.72. The summed E-state index contributed by atoms with van der Waals surface area (Å²) < 4.78 is 0. The molecule has 88 valence electrons. The van der Waals surface area contributed by atoms with E-state index in [9.17, 15) is 0 Å². The molecular formula is C15H18N2. The maximum Gasteiger partial charge on any atom is 0.104 e. The lowest BCUT2D eigenvalue weighted by Crippen LogP contribution is -2.57. The molecule has 1 saturated carbocycles. The Morgan fingerprint density at radius 1 is 1.24 bits per heavy atom. The zero-order valence-electron chi connectivity index (χ0n) is 10.3. The summed E-state index contributed by atoms with van der Waals surface area (Å²) in [6, 6.07) is 8.98. The molecule has 0 amide bonds. The minimum absolute atomic E-state index is 0.299. The second-order valence-electron chi connectivity index (χ2n) is 5.91. The van der Waals surface area contributed by atoms with Gasteiger partial charge >= 0.3 is 0 Å². The third-order valence-corrected chi connectivity index (χ3v) is 5.34. The first-order chi connectivity index (χ1) is 8.26. The van der Waals surface area contributed by atoms with Crippen LogP contribution in [0.3, 0.4) is 0 Å². The minimum atomic E-state index is 0.299. The zero-order valence-corrected chi connectivity index (χ0v) is 10.3. The first-order valence-corrected chi connectivity index (χ1v) is 6.63. The van der Waals surface area contributed by atoms with Crippen molar-refractivity contribution in [2.45, 2.75) is 31.6 Å². The van der Waals surface area contributed by atoms with Crippen LogP contribution in [0.1, 0.15) is 30.9 Å². The lowest BCUT2D eigenvalue weighted by Gasteiger charge is -2.54. The highest BCUT2D eigenvalue weighted by atomic mass is 15.1. The van der Waals surface area contributed by atoms with Crippen LogP contribution in [-0.4, -0.2) is 18.9 Å². The van der Waals surface area contributed by atoms with Crippen LogP contribution in [0, 0.1) is 5.41 Å². The fourth-order valence-corrected chi connectivity index (χ4v) is 4.20. The average molecular weight is 226 g/mol. The zero-order chi connectivity index (χ0) is 11.5. The summed E-state index contributed by atoms with van der Waals surface area (Å²) in [5, 5.41) is 3.53. The number of fused-ring (bicyclic) bond motifs is 3. The fraction of sp³-hybridized carbons (Fsp3) is 0.533. The van der Waals surface area contributed by atoms with Crippen LogP contribution in [0.25, 0.3) is 0 Å². The van der Waals surface area contributed by atoms with E-state index in [2.05, 4.69) is 36.5 Å². The number of amidine groups is 1. The molecule has 1 fully saturated rings. The Bertz CT molecular complexity index is 519. The van der Waals surface area contributed by atoms with Gasteiger partial charge in [0.2, 0.25) is 0 Å². The van der Waals surface area contributed by atoms with Crippen molar-refractivity contribution < 1.29 is 0 Å². The summed E-state index contributed by atoms with van der Waals surface area (Å²) in [5.41, 5.74) is 3.75. The van der Waals surface area contributed by atoms with Crippen molar-refractivity contribution in [3.05, 3.63) is 35.4 Å². The van der Waals surface area contributed by atoms with E-state index in [1.165, 1.54) is 25.1 Å². The molecule has 0 saturated heterocycles. The molecule has 1 heterocycles. The van der Waals surface area contributed by atoms with Gasteiger partial charge < -0.3 is 5.32 Å². The Kier molecular flexibility index (Phi) is 1.67. The van der Waals surface area contributed by atoms with Gasteiger partial charge in [-0.3, -0.25) is 4.99 Å². The number of nitrogens with one attached hydrogen (secondary N) is 1. The molecule has 3 aliphatic rings. The van der Waals surface area contributed by atoms with Crippen LogP contribution in [0.5, 0.6) is 0 Å². The van der Waals surface area contributed by atoms with Crippen molar-refractivity contribution in [3.8, 4) is 0 Å². The number of hydrogen-bond acceptors (Lipinski definition) is 2. The minimum Gasteiger partial charge on any atom is -0.371 e. The molecule has 2 aliphatic carbocycles. The molecule has 0 aromatic heterocycles. The third-order valence-electron chi connectivity index (χ3n) is 5.34. The number of benzene rings is 1. The first kappa shape index (κ1) is 9.69. The van der Waals surface area contributed by atoms with E-state index in [-0.39, 0.29) is 0 Å². The first-order valence-electron chi connectivity index (χ1n) is 6.63. The van der Waals surface area contributed by atoms with E-state index < -0.39 is 0 Å². The number of nitrogens with zero attached hydrogens (tertiary/aromatic N) is 1. The van der Waals surface area contributed by atoms with Crippen molar-refractivity contribution in [3.63, 3.8) is 0 Å². The number of aliphatic imine (C=N–C) groups is 1. The van der Waals surface area contributed by atoms with Crippen molar-refractivity contribution in [2.24, 2.45) is 10.4 Å². The smallest absolute Gasteiger partial charge is 0.104 e. The van der Waals surface area contributed by atoms with Crippen molar-refractivity contribution in [1.29, 1.82) is 0 Å². The SMILES string of the molecule is CC12CCC1(C1=NCCN1)Cc1ccccc12. The molecule has 2 atom stereocenters. The van der Waals surface area contributed by atoms with E-state index in [0.717, 1.165) is 13.1 Å². The third kappa shape index (κ3) is 0.958. The van der Waals surface area contributed by atoms with Gasteiger partial charge in [0, 0.05) is 17.4 Å². The molecule has 2 unspecified atom stereocenters. The molecule has 0 bridgehead atoms. The van der Waals surface area contributed by atoms with Gasteiger partial charge in [0.1, 0.15) is 5.84 Å². The predicted octanol–water partition coefficient (Wildman–Crippen LogP) is 2.28. The summed E-state index contributed by atoms with van der Waals surface area (Å²) in [5.74, 6) is 1.29. The van der Waals surface area contributed by atoms with E-state index in [1.807, 2.05) is 0 Å². The van der Waals surface area contributed by atoms with Crippen LogP contribution < -0.4 is 5.32 Å². The second kappa shape index (κ2) is 2.92. The standard InChI is InChI=1S/C15H18N2/c1-14-6-7-15(14,13-16-8-9-17-13)10-11-4-2-3-5-12(11)14/h2-5H,6-10H2,1H3,(H,16,17). The molecule has 1 aliphatic heterocycles. The molecule has 0 spiro atoms. The van der Waals surface area contributed by atoms with Gasteiger partial charge in [-0.2, -0.15) is 0 Å². The van der Waals surface area contributed by atoms with Gasteiger partial charge in [0.25, 0.3) is 0 Å². The molecular weight excluding hydrogens is 208 g/mol. The molecule has 2 heteroatoms. The Labute approximate surface area is 102 Å². The predicted molar refractivity (Wildman–Crippen MR) is 69.5 cm³/mol. The topological polar surface area (TPSA) is 24.4 Å². The molecule has 17 heavy (non-hydrogen) atoms. The maximum atomic E-state index is 4.72. The van der Waals surface area contributed by atoms with Gasteiger partial charge in [-0.15, -0.1) is 0 Å². The summed E-state index contributed by atoms with van der Waals surface area (Å²) in [7, 11) is 0. The Balaban J connectivity index is 1.87. The molecule has 0 radical (unpaired) electrons. The number of rotatable bonds is 1. The van der Waals surface area contributed by atoms with E-state index >= 15 is 0 Å². The van der Waals surface area contributed by atoms with Gasteiger partial charge in [0.15, 0.2) is 0 Å². The van der Waals surface area contributed by atoms with E-state index in [1.54, 1.807) is 11.1 Å². The normalized spacial score (nSPS) is 37.8. The lowest BCUT2D eigenvalue weighted by molar-refractivity contribution is 0.0953. The van der Waals surface area contributed by atoms with Crippen LogP contribution in [0.15, 0.2) is 29.3 Å². The van der Waals surface area contributed by atoms with Crippen molar-refractivity contribution in [1.82, 2.24) is 5.32 Å². The van der Waals surface area contributed by atoms with Crippen LogP contribution in [0.2, 0.25) is 0 Å². The highest BCUT2D eigenvalue weighted by molar-refractivity contribution is 5.93. The summed E-state index contributed by atoms with van der Waals surface area (Å²) in [6.07, 6.45) is 3.79. The molecule has 1 aromatic carbocycles. The van der Waals surface area contributed by atoms with Gasteiger partial charge in [-0.25, -0.2) is 0 Å². The molecule has 1 N–H and O–H groups in total. The van der Waals surface area contributed by atoms with E-state index in [4.69, 9.17) is 4.99 Å². The monoisotopic (exact) mass is 226 g/mol. The lowest BCUT2D eigenvalue weighted by atomic mass is 9.50. The summed E-state index contributed by atoms with van der Waals surface area (Å²) >= 11 is 0. The van der Waals surface area contributed by atoms with Crippen LogP contribution in [0.4, 0.5) is 0 Å². The number of hydrogen-bond donors (Lipinski definition) is 1. The molecule has 1 aromatic rings.